The van der Waals surface area contributed by atoms with E-state index >= 15 is 0 Å². The Hall–Kier alpha value is -3.73. The van der Waals surface area contributed by atoms with Gasteiger partial charge < -0.3 is 15.8 Å². The van der Waals surface area contributed by atoms with E-state index in [0.29, 0.717) is 40.6 Å². The summed E-state index contributed by atoms with van der Waals surface area (Å²) >= 11 is 6.06. The van der Waals surface area contributed by atoms with Gasteiger partial charge in [0.25, 0.3) is 10.0 Å². The summed E-state index contributed by atoms with van der Waals surface area (Å²) in [6.45, 7) is 0. The Morgan fingerprint density at radius 1 is 0.895 bits per heavy atom. The molecule has 4 N–H and O–H groups in total. The Morgan fingerprint density at radius 2 is 1.66 bits per heavy atom. The van der Waals surface area contributed by atoms with Gasteiger partial charge in [-0.1, -0.05) is 23.7 Å². The molecule has 2 heterocycles. The third-order valence-corrected chi connectivity index (χ3v) is 8.14. The maximum Gasteiger partial charge on any atom is 0.263 e. The molecule has 0 spiro atoms. The number of rotatable bonds is 8. The molecule has 1 aliphatic carbocycles. The van der Waals surface area contributed by atoms with E-state index in [4.69, 9.17) is 22.1 Å². The third kappa shape index (κ3) is 6.21. The fourth-order valence-electron chi connectivity index (χ4n) is 4.27. The van der Waals surface area contributed by atoms with Gasteiger partial charge in [-0.15, -0.1) is 0 Å². The number of anilines is 2. The first-order valence-corrected chi connectivity index (χ1v) is 14.1. The summed E-state index contributed by atoms with van der Waals surface area (Å²) in [6.07, 6.45) is 7.28. The van der Waals surface area contributed by atoms with Gasteiger partial charge in [-0.25, -0.2) is 23.4 Å². The molecule has 0 atom stereocenters. The van der Waals surface area contributed by atoms with E-state index < -0.39 is 10.0 Å². The molecule has 1 fully saturated rings. The van der Waals surface area contributed by atoms with Crippen LogP contribution in [0.2, 0.25) is 5.02 Å². The fraction of sp³-hybridized carbons (Fsp3) is 0.222. The molecule has 2 aromatic carbocycles. The van der Waals surface area contributed by atoms with Crippen LogP contribution in [0.4, 0.5) is 11.6 Å². The zero-order chi connectivity index (χ0) is 26.5. The average Bonchev–Trinajstić information content (AvgIpc) is 2.92. The number of hydrogen-bond acceptors (Lipinski definition) is 8. The third-order valence-electron chi connectivity index (χ3n) is 6.25. The normalized spacial score (nSPS) is 17.5. The minimum atomic E-state index is -3.84. The van der Waals surface area contributed by atoms with E-state index in [1.54, 1.807) is 54.9 Å². The van der Waals surface area contributed by atoms with Crippen LogP contribution in [-0.4, -0.2) is 35.5 Å². The van der Waals surface area contributed by atoms with Crippen molar-refractivity contribution in [3.05, 3.63) is 84.1 Å². The van der Waals surface area contributed by atoms with Crippen molar-refractivity contribution in [3.8, 4) is 22.9 Å². The molecule has 196 valence electrons. The first kappa shape index (κ1) is 25.9. The standard InChI is InChI=1S/C27H27ClN6O3S/c28-23-5-1-2-6-25(23)38(35,36)34-20-11-13-21(14-12-20)37-26-22(4-3-16-30-26)24-15-17-31-27(33-24)32-19-9-7-18(29)8-10-19/h1-6,11-19,34H,7-10,29H2,(H,31,32,33). The molecule has 0 bridgehead atoms. The van der Waals surface area contributed by atoms with Gasteiger partial charge in [-0.2, -0.15) is 0 Å². The van der Waals surface area contributed by atoms with Crippen molar-refractivity contribution in [1.82, 2.24) is 15.0 Å². The van der Waals surface area contributed by atoms with Crippen molar-refractivity contribution < 1.29 is 13.2 Å². The molecule has 0 saturated heterocycles. The Bertz CT molecular complexity index is 1510. The number of nitrogens with two attached hydrogens (primary N) is 1. The van der Waals surface area contributed by atoms with E-state index in [-0.39, 0.29) is 16.0 Å². The second-order valence-electron chi connectivity index (χ2n) is 9.04. The molecule has 9 nitrogen and oxygen atoms in total. The summed E-state index contributed by atoms with van der Waals surface area (Å²) < 4.78 is 34.0. The second-order valence-corrected chi connectivity index (χ2v) is 11.1. The van der Waals surface area contributed by atoms with Gasteiger partial charge in [0.1, 0.15) is 10.6 Å². The van der Waals surface area contributed by atoms with Crippen molar-refractivity contribution in [2.75, 3.05) is 10.0 Å². The zero-order valence-corrected chi connectivity index (χ0v) is 22.0. The van der Waals surface area contributed by atoms with Crippen molar-refractivity contribution in [3.63, 3.8) is 0 Å². The molecule has 2 aromatic heterocycles. The monoisotopic (exact) mass is 550 g/mol. The molecule has 0 aliphatic heterocycles. The molecular weight excluding hydrogens is 524 g/mol. The molecule has 4 aromatic rings. The van der Waals surface area contributed by atoms with Gasteiger partial charge in [0.2, 0.25) is 11.8 Å². The van der Waals surface area contributed by atoms with Crippen LogP contribution in [0.25, 0.3) is 11.3 Å². The van der Waals surface area contributed by atoms with Crippen LogP contribution >= 0.6 is 11.6 Å². The van der Waals surface area contributed by atoms with Crippen molar-refractivity contribution in [2.24, 2.45) is 5.73 Å². The fourth-order valence-corrected chi connectivity index (χ4v) is 5.85. The number of hydrogen-bond donors (Lipinski definition) is 3. The van der Waals surface area contributed by atoms with Crippen LogP contribution in [-0.2, 0) is 10.0 Å². The van der Waals surface area contributed by atoms with Crippen molar-refractivity contribution in [1.29, 1.82) is 0 Å². The topological polar surface area (TPSA) is 132 Å². The minimum Gasteiger partial charge on any atom is -0.438 e. The van der Waals surface area contributed by atoms with Gasteiger partial charge in [0.15, 0.2) is 0 Å². The summed E-state index contributed by atoms with van der Waals surface area (Å²) in [5, 5.41) is 3.56. The minimum absolute atomic E-state index is 0.00546. The summed E-state index contributed by atoms with van der Waals surface area (Å²) in [4.78, 5) is 13.5. The highest BCUT2D eigenvalue weighted by Crippen LogP contribution is 2.32. The van der Waals surface area contributed by atoms with Crippen LogP contribution in [0.3, 0.4) is 0 Å². The summed E-state index contributed by atoms with van der Waals surface area (Å²) in [5.41, 5.74) is 7.76. The number of sulfonamides is 1. The number of ether oxygens (including phenoxy) is 1. The molecule has 0 unspecified atom stereocenters. The predicted molar refractivity (Wildman–Crippen MR) is 148 cm³/mol. The Kier molecular flexibility index (Phi) is 7.73. The van der Waals surface area contributed by atoms with Crippen molar-refractivity contribution in [2.45, 2.75) is 42.7 Å². The quantitative estimate of drug-likeness (QED) is 0.263. The van der Waals surface area contributed by atoms with Crippen LogP contribution < -0.4 is 20.5 Å². The van der Waals surface area contributed by atoms with Gasteiger partial charge >= 0.3 is 0 Å². The Morgan fingerprint density at radius 3 is 2.42 bits per heavy atom. The van der Waals surface area contributed by atoms with Gasteiger partial charge in [0.05, 0.1) is 16.3 Å². The first-order valence-electron chi connectivity index (χ1n) is 12.2. The highest BCUT2D eigenvalue weighted by Gasteiger charge is 2.20. The lowest BCUT2D eigenvalue weighted by molar-refractivity contribution is 0.410. The molecule has 1 aliphatic rings. The molecule has 0 amide bonds. The maximum absolute atomic E-state index is 12.7. The highest BCUT2D eigenvalue weighted by atomic mass is 35.5. The van der Waals surface area contributed by atoms with Crippen LogP contribution in [0, 0.1) is 0 Å². The first-order chi connectivity index (χ1) is 18.4. The maximum atomic E-state index is 12.7. The molecule has 0 radical (unpaired) electrons. The number of pyridine rings is 1. The van der Waals surface area contributed by atoms with E-state index in [9.17, 15) is 8.42 Å². The number of nitrogens with one attached hydrogen (secondary N) is 2. The van der Waals surface area contributed by atoms with Gasteiger partial charge in [-0.3, -0.25) is 4.72 Å². The molecule has 5 rings (SSSR count). The van der Waals surface area contributed by atoms with E-state index in [1.807, 2.05) is 12.1 Å². The lowest BCUT2D eigenvalue weighted by Crippen LogP contribution is -2.33. The van der Waals surface area contributed by atoms with E-state index in [0.717, 1.165) is 25.7 Å². The summed E-state index contributed by atoms with van der Waals surface area (Å²) in [6, 6.07) is 18.8. The molecule has 11 heteroatoms. The number of nitrogens with zero attached hydrogens (tertiary/aromatic N) is 3. The smallest absolute Gasteiger partial charge is 0.263 e. The molecule has 38 heavy (non-hydrogen) atoms. The van der Waals surface area contributed by atoms with Gasteiger partial charge in [-0.05, 0) is 80.3 Å². The lowest BCUT2D eigenvalue weighted by atomic mass is 9.92. The van der Waals surface area contributed by atoms with Gasteiger partial charge in [0, 0.05) is 30.2 Å². The van der Waals surface area contributed by atoms with Crippen LogP contribution in [0.15, 0.2) is 84.0 Å². The number of benzene rings is 2. The second kappa shape index (κ2) is 11.3. The highest BCUT2D eigenvalue weighted by molar-refractivity contribution is 7.92. The number of aromatic nitrogens is 3. The largest absolute Gasteiger partial charge is 0.438 e. The van der Waals surface area contributed by atoms with Crippen LogP contribution in [0.5, 0.6) is 11.6 Å². The van der Waals surface area contributed by atoms with E-state index in [1.165, 1.54) is 12.1 Å². The summed E-state index contributed by atoms with van der Waals surface area (Å²) in [7, 11) is -3.84. The molecule has 1 saturated carbocycles. The van der Waals surface area contributed by atoms with Crippen LogP contribution in [0.1, 0.15) is 25.7 Å². The SMILES string of the molecule is NC1CCC(Nc2nccc(-c3cccnc3Oc3ccc(NS(=O)(=O)c4ccccc4Cl)cc3)n2)CC1. The lowest BCUT2D eigenvalue weighted by Gasteiger charge is -2.26. The Labute approximate surface area is 226 Å². The van der Waals surface area contributed by atoms with Crippen molar-refractivity contribution >= 4 is 33.3 Å². The molecular formula is C27H27ClN6O3S. The zero-order valence-electron chi connectivity index (χ0n) is 20.4. The predicted octanol–water partition coefficient (Wildman–Crippen LogP) is 5.47. The summed E-state index contributed by atoms with van der Waals surface area (Å²) in [5.74, 6) is 1.40. The Balaban J connectivity index is 1.30. The number of halogens is 1. The van der Waals surface area contributed by atoms with E-state index in [2.05, 4.69) is 25.0 Å². The average molecular weight is 551 g/mol.